The third-order valence-corrected chi connectivity index (χ3v) is 2.15. The van der Waals surface area contributed by atoms with Gasteiger partial charge < -0.3 is 10.5 Å². The van der Waals surface area contributed by atoms with E-state index in [0.717, 1.165) is 6.07 Å². The molecule has 1 rings (SSSR count). The van der Waals surface area contributed by atoms with Gasteiger partial charge in [0.2, 0.25) is 5.82 Å². The summed E-state index contributed by atoms with van der Waals surface area (Å²) in [5.41, 5.74) is 3.36. The maximum Gasteiger partial charge on any atom is 0.573 e. The van der Waals surface area contributed by atoms with Gasteiger partial charge in [0.25, 0.3) is 0 Å². The minimum atomic E-state index is -5.25. The van der Waals surface area contributed by atoms with Crippen LogP contribution in [0.2, 0.25) is 0 Å². The summed E-state index contributed by atoms with van der Waals surface area (Å²) in [4.78, 5) is 12.7. The summed E-state index contributed by atoms with van der Waals surface area (Å²) in [6.45, 7) is 0. The smallest absolute Gasteiger partial charge is 0.400 e. The number of halogens is 5. The lowest BCUT2D eigenvalue weighted by molar-refractivity contribution is -0.387. The van der Waals surface area contributed by atoms with Crippen LogP contribution in [-0.4, -0.2) is 23.0 Å². The molecule has 0 radical (unpaired) electrons. The van der Waals surface area contributed by atoms with E-state index < -0.39 is 34.2 Å². The lowest BCUT2D eigenvalue weighted by atomic mass is 10.2. The molecule has 1 aromatic rings. The fourth-order valence-electron chi connectivity index (χ4n) is 1.16. The summed E-state index contributed by atoms with van der Waals surface area (Å²) < 4.78 is 53.6. The van der Waals surface area contributed by atoms with Crippen molar-refractivity contribution in [2.75, 3.05) is 5.88 Å². The molecule has 6 nitrogen and oxygen atoms in total. The van der Waals surface area contributed by atoms with Crippen molar-refractivity contribution in [1.29, 1.82) is 0 Å². The Balaban J connectivity index is 3.45. The maximum absolute atomic E-state index is 13.7. The molecule has 0 unspecified atom stereocenters. The zero-order valence-electron chi connectivity index (χ0n) is 9.45. The molecule has 0 saturated heterocycles. The maximum atomic E-state index is 13.7. The van der Waals surface area contributed by atoms with Crippen LogP contribution in [0.1, 0.15) is 0 Å². The summed E-state index contributed by atoms with van der Waals surface area (Å²) in [6, 6.07) is 1.40. The first-order chi connectivity index (χ1) is 9.15. The van der Waals surface area contributed by atoms with Crippen molar-refractivity contribution in [3.8, 4) is 5.75 Å². The second-order valence-corrected chi connectivity index (χ2v) is 3.56. The first kappa shape index (κ1) is 16.0. The van der Waals surface area contributed by atoms with E-state index in [2.05, 4.69) is 9.73 Å². The molecular weight excluding hydrogens is 310 g/mol. The highest BCUT2D eigenvalue weighted by Crippen LogP contribution is 2.39. The Morgan fingerprint density at radius 3 is 2.55 bits per heavy atom. The van der Waals surface area contributed by atoms with Gasteiger partial charge in [0.15, 0.2) is 5.75 Å². The molecule has 0 atom stereocenters. The van der Waals surface area contributed by atoms with Gasteiger partial charge in [-0.25, -0.2) is 4.99 Å². The highest BCUT2D eigenvalue weighted by Gasteiger charge is 2.36. The van der Waals surface area contributed by atoms with Crippen LogP contribution in [0.5, 0.6) is 5.75 Å². The summed E-state index contributed by atoms with van der Waals surface area (Å²) in [5.74, 6) is -3.90. The third kappa shape index (κ3) is 3.95. The molecule has 0 aromatic heterocycles. The second kappa shape index (κ2) is 5.90. The molecule has 0 aliphatic heterocycles. The molecule has 0 saturated carbocycles. The fraction of sp³-hybridized carbons (Fsp3) is 0.222. The minimum absolute atomic E-state index is 0.313. The average molecular weight is 316 g/mol. The number of nitro groups is 1. The molecule has 11 heteroatoms. The molecule has 0 amide bonds. The van der Waals surface area contributed by atoms with Crippen molar-refractivity contribution in [2.24, 2.45) is 10.7 Å². The van der Waals surface area contributed by atoms with Gasteiger partial charge in [-0.05, 0) is 6.07 Å². The van der Waals surface area contributed by atoms with E-state index in [0.29, 0.717) is 6.07 Å². The van der Waals surface area contributed by atoms with Crippen molar-refractivity contribution in [1.82, 2.24) is 0 Å². The normalized spacial score (nSPS) is 12.3. The number of benzene rings is 1. The Morgan fingerprint density at radius 2 is 2.10 bits per heavy atom. The molecule has 110 valence electrons. The van der Waals surface area contributed by atoms with Crippen molar-refractivity contribution in [3.63, 3.8) is 0 Å². The molecule has 0 aliphatic carbocycles. The monoisotopic (exact) mass is 315 g/mol. The van der Waals surface area contributed by atoms with Crippen LogP contribution in [-0.2, 0) is 0 Å². The van der Waals surface area contributed by atoms with Gasteiger partial charge in [0.1, 0.15) is 11.5 Å². The number of hydrogen-bond donors (Lipinski definition) is 1. The van der Waals surface area contributed by atoms with Crippen LogP contribution in [0.4, 0.5) is 28.9 Å². The standard InChI is InChI=1S/C9H6ClF4N3O3/c10-3-6(15)16-4-1-2-5(17(18)19)7(11)8(4)20-9(12,13)14/h1-2H,3H2,(H2,15,16). The largest absolute Gasteiger partial charge is 0.573 e. The van der Waals surface area contributed by atoms with Crippen LogP contribution >= 0.6 is 11.6 Å². The number of alkyl halides is 4. The SMILES string of the molecule is NC(CCl)=Nc1ccc([N+](=O)[O-])c(F)c1OC(F)(F)F. The zero-order valence-corrected chi connectivity index (χ0v) is 10.2. The Labute approximate surface area is 113 Å². The molecule has 2 N–H and O–H groups in total. The number of nitrogens with zero attached hydrogens (tertiary/aromatic N) is 2. The van der Waals surface area contributed by atoms with Gasteiger partial charge in [-0.15, -0.1) is 24.8 Å². The van der Waals surface area contributed by atoms with Crippen molar-refractivity contribution in [2.45, 2.75) is 6.36 Å². The molecule has 0 bridgehead atoms. The van der Waals surface area contributed by atoms with Gasteiger partial charge in [0.05, 0.1) is 10.8 Å². The number of amidine groups is 1. The highest BCUT2D eigenvalue weighted by molar-refractivity contribution is 6.28. The van der Waals surface area contributed by atoms with Crippen LogP contribution in [0.3, 0.4) is 0 Å². The van der Waals surface area contributed by atoms with Crippen LogP contribution in [0.15, 0.2) is 17.1 Å². The second-order valence-electron chi connectivity index (χ2n) is 3.29. The molecular formula is C9H6ClF4N3O3. The first-order valence-corrected chi connectivity index (χ1v) is 5.30. The van der Waals surface area contributed by atoms with Gasteiger partial charge in [-0.3, -0.25) is 10.1 Å². The Hall–Kier alpha value is -2.10. The van der Waals surface area contributed by atoms with Gasteiger partial charge in [-0.2, -0.15) is 4.39 Å². The van der Waals surface area contributed by atoms with E-state index >= 15 is 0 Å². The lowest BCUT2D eigenvalue weighted by Crippen LogP contribution is -2.19. The lowest BCUT2D eigenvalue weighted by Gasteiger charge is -2.12. The average Bonchev–Trinajstić information content (AvgIpc) is 2.31. The first-order valence-electron chi connectivity index (χ1n) is 4.77. The number of nitrogens with two attached hydrogens (primary N) is 1. The Bertz CT molecular complexity index is 562. The van der Waals surface area contributed by atoms with Crippen molar-refractivity contribution >= 4 is 28.8 Å². The molecule has 0 fully saturated rings. The summed E-state index contributed by atoms with van der Waals surface area (Å²) in [7, 11) is 0. The van der Waals surface area contributed by atoms with Crippen molar-refractivity contribution < 1.29 is 27.2 Å². The van der Waals surface area contributed by atoms with Gasteiger partial charge in [-0.1, -0.05) is 0 Å². The van der Waals surface area contributed by atoms with E-state index in [1.807, 2.05) is 0 Å². The van der Waals surface area contributed by atoms with Gasteiger partial charge in [0, 0.05) is 6.07 Å². The number of nitro benzene ring substituents is 1. The molecule has 20 heavy (non-hydrogen) atoms. The molecule has 0 spiro atoms. The summed E-state index contributed by atoms with van der Waals surface area (Å²) in [6.07, 6.45) is -5.25. The van der Waals surface area contributed by atoms with E-state index in [9.17, 15) is 27.7 Å². The zero-order chi connectivity index (χ0) is 15.5. The fourth-order valence-corrected chi connectivity index (χ4v) is 1.22. The van der Waals surface area contributed by atoms with Crippen LogP contribution in [0.25, 0.3) is 0 Å². The predicted octanol–water partition coefficient (Wildman–Crippen LogP) is 2.86. The quantitative estimate of drug-likeness (QED) is 0.231. The van der Waals surface area contributed by atoms with E-state index in [1.165, 1.54) is 0 Å². The Kier molecular flexibility index (Phi) is 4.71. The highest BCUT2D eigenvalue weighted by atomic mass is 35.5. The van der Waals surface area contributed by atoms with Crippen LogP contribution in [0, 0.1) is 15.9 Å². The summed E-state index contributed by atoms with van der Waals surface area (Å²) >= 11 is 5.29. The predicted molar refractivity (Wildman–Crippen MR) is 61.7 cm³/mol. The number of ether oxygens (including phenoxy) is 1. The number of hydrogen-bond acceptors (Lipinski definition) is 4. The van der Waals surface area contributed by atoms with E-state index in [-0.39, 0.29) is 11.7 Å². The number of rotatable bonds is 4. The van der Waals surface area contributed by atoms with E-state index in [1.54, 1.807) is 0 Å². The minimum Gasteiger partial charge on any atom is -0.400 e. The van der Waals surface area contributed by atoms with E-state index in [4.69, 9.17) is 17.3 Å². The van der Waals surface area contributed by atoms with Gasteiger partial charge >= 0.3 is 12.0 Å². The number of aliphatic imine (C=N–C) groups is 1. The molecule has 0 heterocycles. The van der Waals surface area contributed by atoms with Crippen molar-refractivity contribution in [3.05, 3.63) is 28.1 Å². The van der Waals surface area contributed by atoms with Crippen LogP contribution < -0.4 is 10.5 Å². The molecule has 0 aliphatic rings. The molecule has 1 aromatic carbocycles. The summed E-state index contributed by atoms with van der Waals surface area (Å²) in [5, 5.41) is 10.5. The Morgan fingerprint density at radius 1 is 1.50 bits per heavy atom. The third-order valence-electron chi connectivity index (χ3n) is 1.87. The topological polar surface area (TPSA) is 90.8 Å².